The summed E-state index contributed by atoms with van der Waals surface area (Å²) in [5, 5.41) is 1.77. The van der Waals surface area contributed by atoms with E-state index in [-0.39, 0.29) is 5.56 Å². The number of hydrogen-bond acceptors (Lipinski definition) is 4. The number of H-pyrrole nitrogens is 1. The quantitative estimate of drug-likeness (QED) is 0.774. The molecule has 19 heavy (non-hydrogen) atoms. The lowest BCUT2D eigenvalue weighted by molar-refractivity contribution is 0.412. The Bertz CT molecular complexity index is 860. The Balaban J connectivity index is 2.43. The van der Waals surface area contributed by atoms with Crippen LogP contribution in [-0.2, 0) is 0 Å². The average molecular weight is 274 g/mol. The topological polar surface area (TPSA) is 64.1 Å². The Kier molecular flexibility index (Phi) is 2.72. The van der Waals surface area contributed by atoms with Crippen molar-refractivity contribution in [1.29, 1.82) is 0 Å². The van der Waals surface area contributed by atoms with Crippen molar-refractivity contribution in [2.24, 2.45) is 0 Å². The standard InChI is InChI=1S/C13H10N2O3S/c1-18-10-5-3-2-4-9(10)15-12(16)11-8(6-7-19-11)14-13(15)17/h2-7H,1H3,(H,14,17). The van der Waals surface area contributed by atoms with E-state index in [2.05, 4.69) is 4.98 Å². The molecule has 2 aromatic heterocycles. The number of para-hydroxylation sites is 2. The molecule has 0 amide bonds. The number of fused-ring (bicyclic) bond motifs is 1. The van der Waals surface area contributed by atoms with Crippen LogP contribution in [0.25, 0.3) is 15.9 Å². The minimum absolute atomic E-state index is 0.335. The fourth-order valence-electron chi connectivity index (χ4n) is 1.97. The SMILES string of the molecule is COc1ccccc1-n1c(=O)[nH]c2ccsc2c1=O. The minimum atomic E-state index is -0.472. The third-order valence-corrected chi connectivity index (χ3v) is 3.74. The lowest BCUT2D eigenvalue weighted by Crippen LogP contribution is -2.33. The van der Waals surface area contributed by atoms with Crippen LogP contribution in [-0.4, -0.2) is 16.7 Å². The van der Waals surface area contributed by atoms with Crippen molar-refractivity contribution in [2.75, 3.05) is 7.11 Å². The maximum atomic E-state index is 12.4. The van der Waals surface area contributed by atoms with Crippen LogP contribution in [0.5, 0.6) is 5.75 Å². The summed E-state index contributed by atoms with van der Waals surface area (Å²) in [7, 11) is 1.50. The molecule has 0 aliphatic rings. The second-order valence-corrected chi connectivity index (χ2v) is 4.82. The monoisotopic (exact) mass is 274 g/mol. The molecule has 5 nitrogen and oxygen atoms in total. The number of aromatic nitrogens is 2. The number of aromatic amines is 1. The van der Waals surface area contributed by atoms with Gasteiger partial charge in [0, 0.05) is 0 Å². The van der Waals surface area contributed by atoms with Crippen molar-refractivity contribution in [2.45, 2.75) is 0 Å². The fourth-order valence-corrected chi connectivity index (χ4v) is 2.75. The van der Waals surface area contributed by atoms with Gasteiger partial charge in [-0.25, -0.2) is 9.36 Å². The van der Waals surface area contributed by atoms with Crippen LogP contribution in [0.4, 0.5) is 0 Å². The number of nitrogens with zero attached hydrogens (tertiary/aromatic N) is 1. The first-order valence-corrected chi connectivity index (χ1v) is 6.46. The molecule has 0 fully saturated rings. The van der Waals surface area contributed by atoms with Crippen LogP contribution in [0.3, 0.4) is 0 Å². The molecule has 3 aromatic rings. The van der Waals surface area contributed by atoms with Crippen molar-refractivity contribution in [3.05, 3.63) is 56.5 Å². The molecule has 0 unspecified atom stereocenters. The summed E-state index contributed by atoms with van der Waals surface area (Å²) >= 11 is 1.30. The van der Waals surface area contributed by atoms with E-state index in [0.717, 1.165) is 4.57 Å². The highest BCUT2D eigenvalue weighted by molar-refractivity contribution is 7.17. The number of methoxy groups -OCH3 is 1. The summed E-state index contributed by atoms with van der Waals surface area (Å²) in [6.45, 7) is 0. The molecule has 0 saturated heterocycles. The molecule has 96 valence electrons. The van der Waals surface area contributed by atoms with Crippen LogP contribution in [0.15, 0.2) is 45.3 Å². The molecule has 0 spiro atoms. The van der Waals surface area contributed by atoms with Crippen LogP contribution < -0.4 is 16.0 Å². The van der Waals surface area contributed by atoms with E-state index in [9.17, 15) is 9.59 Å². The third kappa shape index (κ3) is 1.77. The maximum Gasteiger partial charge on any atom is 0.333 e. The number of rotatable bonds is 2. The molecule has 0 aliphatic carbocycles. The lowest BCUT2D eigenvalue weighted by atomic mass is 10.3. The van der Waals surface area contributed by atoms with Gasteiger partial charge in [0.25, 0.3) is 5.56 Å². The van der Waals surface area contributed by atoms with E-state index in [1.807, 2.05) is 0 Å². The first-order valence-electron chi connectivity index (χ1n) is 5.58. The van der Waals surface area contributed by atoms with Crippen LogP contribution in [0, 0.1) is 0 Å². The molecule has 0 saturated carbocycles. The van der Waals surface area contributed by atoms with E-state index in [0.29, 0.717) is 21.7 Å². The highest BCUT2D eigenvalue weighted by Gasteiger charge is 2.13. The van der Waals surface area contributed by atoms with E-state index < -0.39 is 5.69 Å². The van der Waals surface area contributed by atoms with E-state index in [1.165, 1.54) is 18.4 Å². The molecule has 1 N–H and O–H groups in total. The van der Waals surface area contributed by atoms with Gasteiger partial charge in [-0.3, -0.25) is 4.79 Å². The molecule has 6 heteroatoms. The van der Waals surface area contributed by atoms with Crippen molar-refractivity contribution in [3.8, 4) is 11.4 Å². The number of hydrogen-bond donors (Lipinski definition) is 1. The van der Waals surface area contributed by atoms with Gasteiger partial charge in [-0.05, 0) is 23.6 Å². The summed E-state index contributed by atoms with van der Waals surface area (Å²) in [6.07, 6.45) is 0. The summed E-state index contributed by atoms with van der Waals surface area (Å²) in [5.74, 6) is 0.478. The molecular weight excluding hydrogens is 264 g/mol. The van der Waals surface area contributed by atoms with E-state index in [4.69, 9.17) is 4.74 Å². The van der Waals surface area contributed by atoms with Crippen LogP contribution >= 0.6 is 11.3 Å². The Morgan fingerprint density at radius 3 is 2.79 bits per heavy atom. The van der Waals surface area contributed by atoms with Crippen molar-refractivity contribution < 1.29 is 4.74 Å². The molecular formula is C13H10N2O3S. The van der Waals surface area contributed by atoms with Gasteiger partial charge in [-0.2, -0.15) is 0 Å². The first-order chi connectivity index (χ1) is 9.22. The predicted octanol–water partition coefficient (Wildman–Crippen LogP) is 1.75. The van der Waals surface area contributed by atoms with Gasteiger partial charge in [-0.15, -0.1) is 11.3 Å². The van der Waals surface area contributed by atoms with Crippen molar-refractivity contribution >= 4 is 21.6 Å². The predicted molar refractivity (Wildman–Crippen MR) is 74.6 cm³/mol. The summed E-state index contributed by atoms with van der Waals surface area (Å²) in [6, 6.07) is 8.64. The fraction of sp³-hybridized carbons (Fsp3) is 0.0769. The zero-order chi connectivity index (χ0) is 13.4. The Hall–Kier alpha value is -2.34. The maximum absolute atomic E-state index is 12.4. The Morgan fingerprint density at radius 2 is 2.00 bits per heavy atom. The molecule has 3 rings (SSSR count). The highest BCUT2D eigenvalue weighted by Crippen LogP contribution is 2.20. The molecule has 0 bridgehead atoms. The normalized spacial score (nSPS) is 10.8. The second-order valence-electron chi connectivity index (χ2n) is 3.91. The van der Waals surface area contributed by atoms with Gasteiger partial charge >= 0.3 is 5.69 Å². The summed E-state index contributed by atoms with van der Waals surface area (Å²) < 4.78 is 6.81. The van der Waals surface area contributed by atoms with Gasteiger partial charge in [0.15, 0.2) is 0 Å². The van der Waals surface area contributed by atoms with Gasteiger partial charge < -0.3 is 9.72 Å². The largest absolute Gasteiger partial charge is 0.495 e. The highest BCUT2D eigenvalue weighted by atomic mass is 32.1. The molecule has 0 aliphatic heterocycles. The molecule has 1 aromatic carbocycles. The van der Waals surface area contributed by atoms with Crippen molar-refractivity contribution in [3.63, 3.8) is 0 Å². The summed E-state index contributed by atoms with van der Waals surface area (Å²) in [5.41, 5.74) is 0.191. The summed E-state index contributed by atoms with van der Waals surface area (Å²) in [4.78, 5) is 27.1. The number of benzene rings is 1. The zero-order valence-electron chi connectivity index (χ0n) is 10.0. The van der Waals surface area contributed by atoms with E-state index in [1.54, 1.807) is 35.7 Å². The van der Waals surface area contributed by atoms with Gasteiger partial charge in [-0.1, -0.05) is 12.1 Å². The zero-order valence-corrected chi connectivity index (χ0v) is 10.9. The number of nitrogens with one attached hydrogen (secondary N) is 1. The second kappa shape index (κ2) is 4.40. The minimum Gasteiger partial charge on any atom is -0.495 e. The Labute approximate surface area is 111 Å². The van der Waals surface area contributed by atoms with Crippen LogP contribution in [0.2, 0.25) is 0 Å². The van der Waals surface area contributed by atoms with E-state index >= 15 is 0 Å². The molecule has 2 heterocycles. The van der Waals surface area contributed by atoms with Crippen molar-refractivity contribution in [1.82, 2.24) is 9.55 Å². The lowest BCUT2D eigenvalue weighted by Gasteiger charge is -2.09. The first kappa shape index (κ1) is 11.7. The third-order valence-electron chi connectivity index (χ3n) is 2.83. The van der Waals surface area contributed by atoms with Gasteiger partial charge in [0.1, 0.15) is 10.4 Å². The molecule has 0 atom stereocenters. The molecule has 0 radical (unpaired) electrons. The van der Waals surface area contributed by atoms with Gasteiger partial charge in [0.05, 0.1) is 18.3 Å². The smallest absolute Gasteiger partial charge is 0.333 e. The Morgan fingerprint density at radius 1 is 1.21 bits per heavy atom. The number of ether oxygens (including phenoxy) is 1. The van der Waals surface area contributed by atoms with Gasteiger partial charge in [0.2, 0.25) is 0 Å². The van der Waals surface area contributed by atoms with Crippen LogP contribution in [0.1, 0.15) is 0 Å². The average Bonchev–Trinajstić information content (AvgIpc) is 2.87. The number of thiophene rings is 1.